The first-order valence-corrected chi connectivity index (χ1v) is 8.90. The Kier molecular flexibility index (Phi) is 13.4. The van der Waals surface area contributed by atoms with Crippen molar-refractivity contribution < 1.29 is 0 Å². The number of aliphatic imine (C=N–C) groups is 1. The molecule has 1 heterocycles. The Bertz CT molecular complexity index is 294. The van der Waals surface area contributed by atoms with Crippen LogP contribution in [0.15, 0.2) is 4.99 Å². The molecule has 5 heteroatoms. The van der Waals surface area contributed by atoms with Gasteiger partial charge in [0.2, 0.25) is 0 Å². The van der Waals surface area contributed by atoms with E-state index in [0.717, 1.165) is 37.4 Å². The molecule has 0 aromatic rings. The van der Waals surface area contributed by atoms with Crippen LogP contribution in [0.4, 0.5) is 0 Å². The molecule has 22 heavy (non-hydrogen) atoms. The lowest BCUT2D eigenvalue weighted by Gasteiger charge is -2.33. The van der Waals surface area contributed by atoms with Gasteiger partial charge in [0.25, 0.3) is 0 Å². The molecule has 132 valence electrons. The Balaban J connectivity index is 0.00000441. The van der Waals surface area contributed by atoms with Gasteiger partial charge in [-0.15, -0.1) is 24.0 Å². The van der Waals surface area contributed by atoms with E-state index >= 15 is 0 Å². The lowest BCUT2D eigenvalue weighted by Crippen LogP contribution is -2.40. The van der Waals surface area contributed by atoms with E-state index in [9.17, 15) is 0 Å². The van der Waals surface area contributed by atoms with Crippen molar-refractivity contribution in [2.45, 2.75) is 53.4 Å². The largest absolute Gasteiger partial charge is 0.357 e. The van der Waals surface area contributed by atoms with Crippen molar-refractivity contribution in [2.75, 3.05) is 39.3 Å². The maximum Gasteiger partial charge on any atom is 0.191 e. The molecule has 0 amide bonds. The average molecular weight is 424 g/mol. The van der Waals surface area contributed by atoms with Crippen LogP contribution in [0, 0.1) is 11.8 Å². The average Bonchev–Trinajstić information content (AvgIpc) is 2.44. The fourth-order valence-corrected chi connectivity index (χ4v) is 2.93. The van der Waals surface area contributed by atoms with Gasteiger partial charge in [0.15, 0.2) is 5.96 Å². The number of halogens is 1. The van der Waals surface area contributed by atoms with Gasteiger partial charge in [-0.1, -0.05) is 27.2 Å². The topological polar surface area (TPSA) is 39.7 Å². The smallest absolute Gasteiger partial charge is 0.191 e. The zero-order valence-electron chi connectivity index (χ0n) is 15.0. The van der Waals surface area contributed by atoms with E-state index in [4.69, 9.17) is 4.99 Å². The Morgan fingerprint density at radius 1 is 1.27 bits per heavy atom. The Morgan fingerprint density at radius 2 is 2.05 bits per heavy atom. The molecule has 0 aromatic heterocycles. The second-order valence-electron chi connectivity index (χ2n) is 6.66. The third-order valence-electron chi connectivity index (χ3n) is 3.90. The third kappa shape index (κ3) is 9.87. The van der Waals surface area contributed by atoms with E-state index < -0.39 is 0 Å². The third-order valence-corrected chi connectivity index (χ3v) is 3.90. The standard InChI is InChI=1S/C17H36N4.HI/c1-5-7-10-19-17(18-6-2)20-12-16-9-8-11-21(14-16)13-15(3)4;/h15-16H,5-14H2,1-4H3,(H2,18,19,20);1H. The fourth-order valence-electron chi connectivity index (χ4n) is 2.93. The first-order valence-electron chi connectivity index (χ1n) is 8.90. The molecule has 0 spiro atoms. The van der Waals surface area contributed by atoms with Crippen molar-refractivity contribution >= 4 is 29.9 Å². The summed E-state index contributed by atoms with van der Waals surface area (Å²) in [5.74, 6) is 2.48. The number of rotatable bonds is 8. The first kappa shape index (κ1) is 22.0. The summed E-state index contributed by atoms with van der Waals surface area (Å²) in [7, 11) is 0. The van der Waals surface area contributed by atoms with E-state index in [2.05, 4.69) is 43.2 Å². The van der Waals surface area contributed by atoms with Crippen LogP contribution >= 0.6 is 24.0 Å². The number of nitrogens with one attached hydrogen (secondary N) is 2. The highest BCUT2D eigenvalue weighted by Gasteiger charge is 2.20. The molecular formula is C17H37IN4. The molecule has 0 aromatic carbocycles. The molecular weight excluding hydrogens is 387 g/mol. The van der Waals surface area contributed by atoms with Crippen LogP contribution in [0.1, 0.15) is 53.4 Å². The zero-order chi connectivity index (χ0) is 15.5. The Hall–Kier alpha value is -0.0400. The number of likely N-dealkylation sites (tertiary alicyclic amines) is 1. The second-order valence-corrected chi connectivity index (χ2v) is 6.66. The lowest BCUT2D eigenvalue weighted by atomic mass is 9.97. The van der Waals surface area contributed by atoms with Crippen molar-refractivity contribution in [3.05, 3.63) is 0 Å². The number of guanidine groups is 1. The van der Waals surface area contributed by atoms with Crippen LogP contribution in [-0.4, -0.2) is 50.1 Å². The normalized spacial score (nSPS) is 19.9. The molecule has 1 saturated heterocycles. The summed E-state index contributed by atoms with van der Waals surface area (Å²) in [5.41, 5.74) is 0. The minimum Gasteiger partial charge on any atom is -0.357 e. The summed E-state index contributed by atoms with van der Waals surface area (Å²) in [6.45, 7) is 15.6. The van der Waals surface area contributed by atoms with Crippen LogP contribution in [0.5, 0.6) is 0 Å². The van der Waals surface area contributed by atoms with Crippen LogP contribution in [0.25, 0.3) is 0 Å². The van der Waals surface area contributed by atoms with Crippen LogP contribution in [-0.2, 0) is 0 Å². The summed E-state index contributed by atoms with van der Waals surface area (Å²) in [4.78, 5) is 7.41. The van der Waals surface area contributed by atoms with Crippen molar-refractivity contribution in [2.24, 2.45) is 16.8 Å². The van der Waals surface area contributed by atoms with Gasteiger partial charge in [0.1, 0.15) is 0 Å². The number of hydrogen-bond donors (Lipinski definition) is 2. The van der Waals surface area contributed by atoms with Gasteiger partial charge in [-0.2, -0.15) is 0 Å². The molecule has 0 aliphatic carbocycles. The van der Waals surface area contributed by atoms with E-state index in [-0.39, 0.29) is 24.0 Å². The Morgan fingerprint density at radius 3 is 2.68 bits per heavy atom. The molecule has 1 rings (SSSR count). The maximum atomic E-state index is 4.79. The number of hydrogen-bond acceptors (Lipinski definition) is 2. The highest BCUT2D eigenvalue weighted by Crippen LogP contribution is 2.17. The quantitative estimate of drug-likeness (QED) is 0.272. The van der Waals surface area contributed by atoms with Gasteiger partial charge in [0.05, 0.1) is 0 Å². The summed E-state index contributed by atoms with van der Waals surface area (Å²) < 4.78 is 0. The molecule has 0 radical (unpaired) electrons. The highest BCUT2D eigenvalue weighted by atomic mass is 127. The van der Waals surface area contributed by atoms with Gasteiger partial charge in [-0.25, -0.2) is 0 Å². The highest BCUT2D eigenvalue weighted by molar-refractivity contribution is 14.0. The molecule has 1 aliphatic rings. The molecule has 2 N–H and O–H groups in total. The minimum absolute atomic E-state index is 0. The second kappa shape index (κ2) is 13.4. The lowest BCUT2D eigenvalue weighted by molar-refractivity contribution is 0.162. The molecule has 1 atom stereocenters. The minimum atomic E-state index is 0. The van der Waals surface area contributed by atoms with Crippen molar-refractivity contribution in [3.8, 4) is 0 Å². The maximum absolute atomic E-state index is 4.79. The van der Waals surface area contributed by atoms with E-state index in [0.29, 0.717) is 0 Å². The van der Waals surface area contributed by atoms with Gasteiger partial charge in [-0.3, -0.25) is 4.99 Å². The predicted octanol–water partition coefficient (Wildman–Crippen LogP) is 3.33. The van der Waals surface area contributed by atoms with Gasteiger partial charge < -0.3 is 15.5 Å². The van der Waals surface area contributed by atoms with Gasteiger partial charge in [-0.05, 0) is 44.6 Å². The summed E-state index contributed by atoms with van der Waals surface area (Å²) in [6, 6.07) is 0. The summed E-state index contributed by atoms with van der Waals surface area (Å²) >= 11 is 0. The van der Waals surface area contributed by atoms with Crippen molar-refractivity contribution in [1.29, 1.82) is 0 Å². The summed E-state index contributed by atoms with van der Waals surface area (Å²) in [5, 5.41) is 6.78. The summed E-state index contributed by atoms with van der Waals surface area (Å²) in [6.07, 6.45) is 5.08. The number of nitrogens with zero attached hydrogens (tertiary/aromatic N) is 2. The number of unbranched alkanes of at least 4 members (excludes halogenated alkanes) is 1. The van der Waals surface area contributed by atoms with E-state index in [1.807, 2.05) is 0 Å². The Labute approximate surface area is 154 Å². The molecule has 1 fully saturated rings. The molecule has 1 aliphatic heterocycles. The zero-order valence-corrected chi connectivity index (χ0v) is 17.4. The van der Waals surface area contributed by atoms with E-state index in [1.165, 1.54) is 45.3 Å². The number of piperidine rings is 1. The SMILES string of the molecule is CCCCNC(=NCC1CCCN(CC(C)C)C1)NCC.I. The van der Waals surface area contributed by atoms with Crippen molar-refractivity contribution in [3.63, 3.8) is 0 Å². The molecule has 0 saturated carbocycles. The predicted molar refractivity (Wildman–Crippen MR) is 108 cm³/mol. The van der Waals surface area contributed by atoms with Gasteiger partial charge in [0, 0.05) is 32.7 Å². The fraction of sp³-hybridized carbons (Fsp3) is 0.941. The van der Waals surface area contributed by atoms with Gasteiger partial charge >= 0.3 is 0 Å². The first-order chi connectivity index (χ1) is 10.2. The van der Waals surface area contributed by atoms with Crippen LogP contribution < -0.4 is 10.6 Å². The molecule has 0 bridgehead atoms. The molecule has 1 unspecified atom stereocenters. The van der Waals surface area contributed by atoms with Crippen LogP contribution in [0.3, 0.4) is 0 Å². The van der Waals surface area contributed by atoms with Crippen molar-refractivity contribution in [1.82, 2.24) is 15.5 Å². The monoisotopic (exact) mass is 424 g/mol. The van der Waals surface area contributed by atoms with Crippen LogP contribution in [0.2, 0.25) is 0 Å². The van der Waals surface area contributed by atoms with E-state index in [1.54, 1.807) is 0 Å². The molecule has 4 nitrogen and oxygen atoms in total.